The van der Waals surface area contributed by atoms with Crippen LogP contribution in [0.1, 0.15) is 19.3 Å². The molecule has 80 valence electrons. The van der Waals surface area contributed by atoms with Gasteiger partial charge in [0.05, 0.1) is 6.61 Å². The number of rotatable bonds is 4. The number of ketones is 1. The van der Waals surface area contributed by atoms with Crippen molar-refractivity contribution in [2.24, 2.45) is 0 Å². The molecule has 1 aliphatic heterocycles. The first-order valence-corrected chi connectivity index (χ1v) is 4.53. The van der Waals surface area contributed by atoms with Gasteiger partial charge in [-0.25, -0.2) is 4.79 Å². The van der Waals surface area contributed by atoms with E-state index in [0.29, 0.717) is 13.0 Å². The molecule has 0 spiro atoms. The summed E-state index contributed by atoms with van der Waals surface area (Å²) in [5.74, 6) is -2.36. The second-order valence-corrected chi connectivity index (χ2v) is 3.37. The monoisotopic (exact) mass is 202 g/mol. The molecule has 1 fully saturated rings. The lowest BCUT2D eigenvalue weighted by atomic mass is 9.90. The van der Waals surface area contributed by atoms with Crippen molar-refractivity contribution in [2.45, 2.75) is 24.9 Å². The average molecular weight is 202 g/mol. The topological polar surface area (TPSA) is 72.8 Å². The SMILES string of the molecule is COCC1(C(=O)C(=O)O)CCCCO1. The second-order valence-electron chi connectivity index (χ2n) is 3.37. The summed E-state index contributed by atoms with van der Waals surface area (Å²) >= 11 is 0. The van der Waals surface area contributed by atoms with Gasteiger partial charge < -0.3 is 14.6 Å². The molecule has 5 heteroatoms. The van der Waals surface area contributed by atoms with Crippen LogP contribution < -0.4 is 0 Å². The van der Waals surface area contributed by atoms with E-state index in [0.717, 1.165) is 12.8 Å². The maximum atomic E-state index is 11.4. The van der Waals surface area contributed by atoms with Crippen molar-refractivity contribution in [2.75, 3.05) is 20.3 Å². The highest BCUT2D eigenvalue weighted by molar-refractivity contribution is 6.36. The van der Waals surface area contributed by atoms with E-state index in [1.54, 1.807) is 0 Å². The van der Waals surface area contributed by atoms with Gasteiger partial charge in [-0.3, -0.25) is 4.79 Å². The Bertz CT molecular complexity index is 224. The summed E-state index contributed by atoms with van der Waals surface area (Å²) in [5.41, 5.74) is -1.25. The van der Waals surface area contributed by atoms with Gasteiger partial charge in [0, 0.05) is 13.7 Å². The first kappa shape index (κ1) is 11.1. The molecule has 0 saturated carbocycles. The van der Waals surface area contributed by atoms with Crippen molar-refractivity contribution in [1.29, 1.82) is 0 Å². The smallest absolute Gasteiger partial charge is 0.375 e. The van der Waals surface area contributed by atoms with Gasteiger partial charge in [-0.2, -0.15) is 0 Å². The van der Waals surface area contributed by atoms with Crippen molar-refractivity contribution in [1.82, 2.24) is 0 Å². The van der Waals surface area contributed by atoms with Crippen LogP contribution in [0.4, 0.5) is 0 Å². The molecule has 1 N–H and O–H groups in total. The van der Waals surface area contributed by atoms with Crippen LogP contribution in [0.25, 0.3) is 0 Å². The van der Waals surface area contributed by atoms with Crippen LogP contribution in [0.5, 0.6) is 0 Å². The molecule has 0 amide bonds. The van der Waals surface area contributed by atoms with Gasteiger partial charge in [-0.05, 0) is 19.3 Å². The largest absolute Gasteiger partial charge is 0.475 e. The summed E-state index contributed by atoms with van der Waals surface area (Å²) in [6.45, 7) is 0.431. The Balaban J connectivity index is 2.79. The van der Waals surface area contributed by atoms with Crippen LogP contribution in [0.2, 0.25) is 0 Å². The highest BCUT2D eigenvalue weighted by Crippen LogP contribution is 2.26. The fraction of sp³-hybridized carbons (Fsp3) is 0.778. The Hall–Kier alpha value is -0.940. The van der Waals surface area contributed by atoms with Gasteiger partial charge in [0.2, 0.25) is 0 Å². The lowest BCUT2D eigenvalue weighted by Crippen LogP contribution is -2.51. The number of hydrogen-bond donors (Lipinski definition) is 1. The summed E-state index contributed by atoms with van der Waals surface area (Å²) in [5, 5.41) is 8.64. The number of methoxy groups -OCH3 is 1. The molecule has 1 heterocycles. The predicted molar refractivity (Wildman–Crippen MR) is 47.1 cm³/mol. The van der Waals surface area contributed by atoms with E-state index in [4.69, 9.17) is 14.6 Å². The van der Waals surface area contributed by atoms with Gasteiger partial charge in [-0.15, -0.1) is 0 Å². The highest BCUT2D eigenvalue weighted by atomic mass is 16.5. The molecule has 0 aromatic rings. The predicted octanol–water partition coefficient (Wildman–Crippen LogP) is 0.226. The Labute approximate surface area is 82.0 Å². The number of hydrogen-bond acceptors (Lipinski definition) is 4. The van der Waals surface area contributed by atoms with Gasteiger partial charge in [0.15, 0.2) is 5.60 Å². The van der Waals surface area contributed by atoms with Crippen LogP contribution in [0.15, 0.2) is 0 Å². The molecule has 1 atom stereocenters. The van der Waals surface area contributed by atoms with Crippen LogP contribution in [0, 0.1) is 0 Å². The Kier molecular flexibility index (Phi) is 3.60. The fourth-order valence-electron chi connectivity index (χ4n) is 1.64. The number of carboxylic acids is 1. The van der Waals surface area contributed by atoms with E-state index >= 15 is 0 Å². The molecule has 0 aromatic carbocycles. The van der Waals surface area contributed by atoms with E-state index in [-0.39, 0.29) is 6.61 Å². The maximum absolute atomic E-state index is 11.4. The standard InChI is InChI=1S/C9H14O5/c1-13-6-9(7(10)8(11)12)4-2-3-5-14-9/h2-6H2,1H3,(H,11,12). The third-order valence-corrected chi connectivity index (χ3v) is 2.34. The van der Waals surface area contributed by atoms with Gasteiger partial charge >= 0.3 is 5.97 Å². The Morgan fingerprint density at radius 3 is 2.64 bits per heavy atom. The van der Waals surface area contributed by atoms with Crippen LogP contribution in [0.3, 0.4) is 0 Å². The van der Waals surface area contributed by atoms with E-state index in [1.807, 2.05) is 0 Å². The van der Waals surface area contributed by atoms with Crippen LogP contribution >= 0.6 is 0 Å². The lowest BCUT2D eigenvalue weighted by molar-refractivity contribution is -0.172. The quantitative estimate of drug-likeness (QED) is 0.660. The summed E-state index contributed by atoms with van der Waals surface area (Å²) in [6.07, 6.45) is 2.08. The molecular weight excluding hydrogens is 188 g/mol. The fourth-order valence-corrected chi connectivity index (χ4v) is 1.64. The molecule has 1 saturated heterocycles. The molecule has 0 bridgehead atoms. The minimum atomic E-state index is -1.45. The number of ether oxygens (including phenoxy) is 2. The Morgan fingerprint density at radius 2 is 2.21 bits per heavy atom. The summed E-state index contributed by atoms with van der Waals surface area (Å²) in [7, 11) is 1.43. The van der Waals surface area contributed by atoms with Crippen molar-refractivity contribution < 1.29 is 24.2 Å². The third-order valence-electron chi connectivity index (χ3n) is 2.34. The zero-order valence-corrected chi connectivity index (χ0v) is 8.12. The van der Waals surface area contributed by atoms with E-state index in [1.165, 1.54) is 7.11 Å². The van der Waals surface area contributed by atoms with Crippen molar-refractivity contribution in [3.63, 3.8) is 0 Å². The van der Waals surface area contributed by atoms with Gasteiger partial charge in [-0.1, -0.05) is 0 Å². The van der Waals surface area contributed by atoms with Gasteiger partial charge in [0.25, 0.3) is 5.78 Å². The molecule has 1 aliphatic rings. The summed E-state index contributed by atoms with van der Waals surface area (Å²) in [4.78, 5) is 22.0. The number of aliphatic carboxylic acids is 1. The minimum absolute atomic E-state index is 0.0120. The van der Waals surface area contributed by atoms with Gasteiger partial charge in [0.1, 0.15) is 0 Å². The molecule has 14 heavy (non-hydrogen) atoms. The molecule has 0 aromatic heterocycles. The number of carboxylic acid groups (broad SMARTS) is 1. The van der Waals surface area contributed by atoms with Crippen LogP contribution in [-0.2, 0) is 19.1 Å². The van der Waals surface area contributed by atoms with Crippen molar-refractivity contribution >= 4 is 11.8 Å². The van der Waals surface area contributed by atoms with E-state index in [9.17, 15) is 9.59 Å². The number of Topliss-reactive ketones (excluding diaryl/α,β-unsaturated/α-hetero) is 1. The molecule has 0 aliphatic carbocycles. The zero-order chi connectivity index (χ0) is 10.6. The lowest BCUT2D eigenvalue weighted by Gasteiger charge is -2.33. The Morgan fingerprint density at radius 1 is 1.50 bits per heavy atom. The molecular formula is C9H14O5. The normalized spacial score (nSPS) is 27.2. The highest BCUT2D eigenvalue weighted by Gasteiger charge is 2.44. The molecule has 1 unspecified atom stereocenters. The van der Waals surface area contributed by atoms with Crippen molar-refractivity contribution in [3.8, 4) is 0 Å². The summed E-state index contributed by atoms with van der Waals surface area (Å²) < 4.78 is 10.1. The van der Waals surface area contributed by atoms with Crippen LogP contribution in [-0.4, -0.2) is 42.8 Å². The molecule has 0 radical (unpaired) electrons. The number of carbonyl (C=O) groups is 2. The minimum Gasteiger partial charge on any atom is -0.475 e. The first-order valence-electron chi connectivity index (χ1n) is 4.53. The summed E-state index contributed by atoms with van der Waals surface area (Å²) in [6, 6.07) is 0. The first-order chi connectivity index (χ1) is 6.62. The second kappa shape index (κ2) is 4.52. The third kappa shape index (κ3) is 2.10. The average Bonchev–Trinajstić information content (AvgIpc) is 2.18. The molecule has 5 nitrogen and oxygen atoms in total. The number of carbonyl (C=O) groups excluding carboxylic acids is 1. The van der Waals surface area contributed by atoms with Crippen molar-refractivity contribution in [3.05, 3.63) is 0 Å². The van der Waals surface area contributed by atoms with E-state index in [2.05, 4.69) is 0 Å². The molecule has 1 rings (SSSR count). The zero-order valence-electron chi connectivity index (χ0n) is 8.12. The van der Waals surface area contributed by atoms with E-state index < -0.39 is 17.4 Å². The maximum Gasteiger partial charge on any atom is 0.375 e.